The third-order valence-electron chi connectivity index (χ3n) is 3.42. The number of rotatable bonds is 3. The molecule has 27 heavy (non-hydrogen) atoms. The van der Waals surface area contributed by atoms with Gasteiger partial charge in [-0.05, 0) is 39.8 Å². The molecule has 1 atom stereocenters. The first kappa shape index (κ1) is 20.8. The van der Waals surface area contributed by atoms with Gasteiger partial charge in [0, 0.05) is 12.0 Å². The maximum atomic E-state index is 12.3. The van der Waals surface area contributed by atoms with E-state index in [4.69, 9.17) is 25.8 Å². The molecule has 0 bridgehead atoms. The second-order valence-corrected chi connectivity index (χ2v) is 7.48. The number of urea groups is 1. The van der Waals surface area contributed by atoms with Crippen LogP contribution in [0.2, 0.25) is 5.02 Å². The van der Waals surface area contributed by atoms with Gasteiger partial charge in [-0.15, -0.1) is 0 Å². The van der Waals surface area contributed by atoms with Gasteiger partial charge >= 0.3 is 12.0 Å². The summed E-state index contributed by atoms with van der Waals surface area (Å²) in [6.07, 6.45) is -0.489. The van der Waals surface area contributed by atoms with Crippen LogP contribution < -0.4 is 20.1 Å². The lowest BCUT2D eigenvalue weighted by Gasteiger charge is -2.21. The molecule has 0 aliphatic carbocycles. The van der Waals surface area contributed by atoms with E-state index < -0.39 is 29.6 Å². The van der Waals surface area contributed by atoms with Crippen molar-refractivity contribution in [1.29, 1.82) is 0 Å². The van der Waals surface area contributed by atoms with Crippen LogP contribution in [0.1, 0.15) is 44.5 Å². The van der Waals surface area contributed by atoms with Crippen molar-refractivity contribution in [2.75, 3.05) is 13.2 Å². The predicted molar refractivity (Wildman–Crippen MR) is 98.4 cm³/mol. The number of amides is 3. The van der Waals surface area contributed by atoms with Crippen LogP contribution in [0.4, 0.5) is 4.79 Å². The Morgan fingerprint density at radius 3 is 2.52 bits per heavy atom. The van der Waals surface area contributed by atoms with E-state index in [1.165, 1.54) is 19.1 Å². The molecule has 1 heterocycles. The highest BCUT2D eigenvalue weighted by molar-refractivity contribution is 6.32. The molecule has 0 fully saturated rings. The van der Waals surface area contributed by atoms with Gasteiger partial charge in [0.05, 0.1) is 23.8 Å². The van der Waals surface area contributed by atoms with Gasteiger partial charge < -0.3 is 19.5 Å². The fourth-order valence-electron chi connectivity index (χ4n) is 2.22. The largest absolute Gasteiger partial charge is 0.489 e. The summed E-state index contributed by atoms with van der Waals surface area (Å²) >= 11 is 6.15. The SMILES string of the molecule is C[C@@H](OC(=O)c1cc(Cl)c2c(c1)OCCCO2)C(=O)NC(=O)NC(C)(C)C. The van der Waals surface area contributed by atoms with E-state index in [0.717, 1.165) is 0 Å². The van der Waals surface area contributed by atoms with E-state index in [-0.39, 0.29) is 10.6 Å². The minimum atomic E-state index is -1.18. The summed E-state index contributed by atoms with van der Waals surface area (Å²) < 4.78 is 16.1. The number of ether oxygens (including phenoxy) is 3. The van der Waals surface area contributed by atoms with Gasteiger partial charge in [-0.1, -0.05) is 11.6 Å². The number of fused-ring (bicyclic) bond motifs is 1. The lowest BCUT2D eigenvalue weighted by Crippen LogP contribution is -2.50. The molecule has 0 unspecified atom stereocenters. The highest BCUT2D eigenvalue weighted by Crippen LogP contribution is 2.38. The molecular formula is C18H23ClN2O6. The van der Waals surface area contributed by atoms with Crippen LogP contribution in [-0.2, 0) is 9.53 Å². The Morgan fingerprint density at radius 2 is 1.85 bits per heavy atom. The van der Waals surface area contributed by atoms with Crippen LogP contribution in [0.5, 0.6) is 11.5 Å². The average Bonchev–Trinajstić information content (AvgIpc) is 2.78. The summed E-state index contributed by atoms with van der Waals surface area (Å²) in [5, 5.41) is 4.92. The predicted octanol–water partition coefficient (Wildman–Crippen LogP) is 2.67. The zero-order valence-electron chi connectivity index (χ0n) is 15.7. The maximum Gasteiger partial charge on any atom is 0.339 e. The third-order valence-corrected chi connectivity index (χ3v) is 3.70. The van der Waals surface area contributed by atoms with Crippen molar-refractivity contribution < 1.29 is 28.6 Å². The molecule has 148 valence electrons. The van der Waals surface area contributed by atoms with E-state index in [2.05, 4.69) is 10.6 Å². The number of benzene rings is 1. The molecule has 1 aliphatic heterocycles. The van der Waals surface area contributed by atoms with Crippen LogP contribution in [0, 0.1) is 0 Å². The monoisotopic (exact) mass is 398 g/mol. The zero-order valence-corrected chi connectivity index (χ0v) is 16.4. The number of esters is 1. The molecule has 2 N–H and O–H groups in total. The Balaban J connectivity index is 2.02. The first-order chi connectivity index (χ1) is 12.6. The normalized spacial score (nSPS) is 14.6. The van der Waals surface area contributed by atoms with E-state index in [1.807, 2.05) is 0 Å². The Morgan fingerprint density at radius 1 is 1.19 bits per heavy atom. The summed E-state index contributed by atoms with van der Waals surface area (Å²) in [5.74, 6) is -0.805. The molecule has 1 aliphatic rings. The molecule has 1 aromatic carbocycles. The zero-order chi connectivity index (χ0) is 20.2. The van der Waals surface area contributed by atoms with Crippen molar-refractivity contribution in [3.63, 3.8) is 0 Å². The van der Waals surface area contributed by atoms with Crippen LogP contribution in [-0.4, -0.2) is 42.8 Å². The second kappa shape index (κ2) is 8.47. The fraction of sp³-hybridized carbons (Fsp3) is 0.500. The molecule has 0 saturated heterocycles. The van der Waals surface area contributed by atoms with E-state index in [9.17, 15) is 14.4 Å². The molecule has 0 spiro atoms. The lowest BCUT2D eigenvalue weighted by molar-refractivity contribution is -0.127. The number of imide groups is 1. The number of carbonyl (C=O) groups is 3. The molecule has 8 nitrogen and oxygen atoms in total. The van der Waals surface area contributed by atoms with Crippen molar-refractivity contribution in [3.05, 3.63) is 22.7 Å². The quantitative estimate of drug-likeness (QED) is 0.759. The lowest BCUT2D eigenvalue weighted by atomic mass is 10.1. The molecule has 2 rings (SSSR count). The van der Waals surface area contributed by atoms with Crippen molar-refractivity contribution in [2.24, 2.45) is 0 Å². The standard InChI is InChI=1S/C18H23ClN2O6/c1-10(15(22)20-17(24)21-18(2,3)4)27-16(23)11-8-12(19)14-13(9-11)25-6-5-7-26-14/h8-10H,5-7H2,1-4H3,(H2,20,21,22,24)/t10-/m1/s1. The number of carbonyl (C=O) groups excluding carboxylic acids is 3. The minimum Gasteiger partial charge on any atom is -0.489 e. The Kier molecular flexibility index (Phi) is 6.54. The van der Waals surface area contributed by atoms with Crippen molar-refractivity contribution in [3.8, 4) is 11.5 Å². The Hall–Kier alpha value is -2.48. The summed E-state index contributed by atoms with van der Waals surface area (Å²) in [7, 11) is 0. The van der Waals surface area contributed by atoms with Crippen LogP contribution in [0.15, 0.2) is 12.1 Å². The first-order valence-electron chi connectivity index (χ1n) is 8.50. The van der Waals surface area contributed by atoms with Gasteiger partial charge in [0.1, 0.15) is 0 Å². The van der Waals surface area contributed by atoms with Crippen LogP contribution in [0.3, 0.4) is 0 Å². The fourth-order valence-corrected chi connectivity index (χ4v) is 2.48. The van der Waals surface area contributed by atoms with E-state index >= 15 is 0 Å². The maximum absolute atomic E-state index is 12.3. The molecular weight excluding hydrogens is 376 g/mol. The Labute approximate surface area is 162 Å². The van der Waals surface area contributed by atoms with Crippen LogP contribution in [0.25, 0.3) is 0 Å². The molecule has 0 aromatic heterocycles. The molecule has 9 heteroatoms. The summed E-state index contributed by atoms with van der Waals surface area (Å²) in [4.78, 5) is 36.1. The molecule has 1 aromatic rings. The van der Waals surface area contributed by atoms with Crippen molar-refractivity contribution >= 4 is 29.5 Å². The summed E-state index contributed by atoms with van der Waals surface area (Å²) in [5.41, 5.74) is -0.395. The number of hydrogen-bond donors (Lipinski definition) is 2. The number of hydrogen-bond acceptors (Lipinski definition) is 6. The summed E-state index contributed by atoms with van der Waals surface area (Å²) in [6.45, 7) is 7.58. The highest BCUT2D eigenvalue weighted by atomic mass is 35.5. The number of halogens is 1. The van der Waals surface area contributed by atoms with Gasteiger partial charge in [-0.25, -0.2) is 9.59 Å². The van der Waals surface area contributed by atoms with Gasteiger partial charge in [0.2, 0.25) is 0 Å². The van der Waals surface area contributed by atoms with Gasteiger partial charge in [-0.3, -0.25) is 10.1 Å². The molecule has 0 radical (unpaired) electrons. The highest BCUT2D eigenvalue weighted by Gasteiger charge is 2.24. The van der Waals surface area contributed by atoms with Crippen molar-refractivity contribution in [1.82, 2.24) is 10.6 Å². The molecule has 0 saturated carbocycles. The van der Waals surface area contributed by atoms with E-state index in [0.29, 0.717) is 31.1 Å². The van der Waals surface area contributed by atoms with Crippen LogP contribution >= 0.6 is 11.6 Å². The smallest absolute Gasteiger partial charge is 0.339 e. The minimum absolute atomic E-state index is 0.114. The third kappa shape index (κ3) is 6.02. The Bertz CT molecular complexity index is 744. The van der Waals surface area contributed by atoms with Gasteiger partial charge in [0.25, 0.3) is 5.91 Å². The summed E-state index contributed by atoms with van der Waals surface area (Å²) in [6, 6.07) is 2.16. The van der Waals surface area contributed by atoms with E-state index in [1.54, 1.807) is 20.8 Å². The first-order valence-corrected chi connectivity index (χ1v) is 8.88. The second-order valence-electron chi connectivity index (χ2n) is 7.08. The molecule has 3 amide bonds. The van der Waals surface area contributed by atoms with Gasteiger partial charge in [-0.2, -0.15) is 0 Å². The van der Waals surface area contributed by atoms with Crippen molar-refractivity contribution in [2.45, 2.75) is 45.8 Å². The average molecular weight is 399 g/mol. The van der Waals surface area contributed by atoms with Gasteiger partial charge in [0.15, 0.2) is 17.6 Å². The topological polar surface area (TPSA) is 103 Å². The number of nitrogens with one attached hydrogen (secondary N) is 2.